The van der Waals surface area contributed by atoms with Crippen molar-refractivity contribution < 1.29 is 19.1 Å². The largest absolute Gasteiger partial charge is 0.493 e. The zero-order valence-electron chi connectivity index (χ0n) is 16.3. The molecule has 0 bridgehead atoms. The number of amides is 2. The number of methoxy groups -OCH3 is 1. The van der Waals surface area contributed by atoms with E-state index in [0.29, 0.717) is 30.3 Å². The molecular formula is C22H26N2O4. The number of hydrogen-bond acceptors (Lipinski definition) is 4. The molecule has 3 rings (SSSR count). The van der Waals surface area contributed by atoms with Gasteiger partial charge in [-0.1, -0.05) is 17.7 Å². The van der Waals surface area contributed by atoms with E-state index in [9.17, 15) is 9.59 Å². The Hall–Kier alpha value is -3.02. The summed E-state index contributed by atoms with van der Waals surface area (Å²) < 4.78 is 10.6. The molecule has 2 aromatic carbocycles. The molecule has 28 heavy (non-hydrogen) atoms. The Balaban J connectivity index is 1.51. The number of esters is 1. The third-order valence-corrected chi connectivity index (χ3v) is 4.87. The van der Waals surface area contributed by atoms with Crippen LogP contribution in [0.3, 0.4) is 0 Å². The first kappa shape index (κ1) is 19.7. The summed E-state index contributed by atoms with van der Waals surface area (Å²) >= 11 is 0. The maximum absolute atomic E-state index is 12.6. The maximum Gasteiger partial charge on any atom is 0.337 e. The average Bonchev–Trinajstić information content (AvgIpc) is 2.73. The molecule has 6 heteroatoms. The van der Waals surface area contributed by atoms with E-state index in [4.69, 9.17) is 4.74 Å². The Kier molecular flexibility index (Phi) is 6.53. The molecule has 0 radical (unpaired) electrons. The van der Waals surface area contributed by atoms with E-state index >= 15 is 0 Å². The molecule has 2 amide bonds. The van der Waals surface area contributed by atoms with E-state index in [1.54, 1.807) is 24.3 Å². The van der Waals surface area contributed by atoms with E-state index in [1.165, 1.54) is 12.7 Å². The van der Waals surface area contributed by atoms with Gasteiger partial charge in [0, 0.05) is 24.7 Å². The second-order valence-electron chi connectivity index (χ2n) is 7.08. The number of benzene rings is 2. The lowest BCUT2D eigenvalue weighted by Gasteiger charge is -2.32. The van der Waals surface area contributed by atoms with Crippen LogP contribution in [-0.2, 0) is 4.74 Å². The van der Waals surface area contributed by atoms with Gasteiger partial charge in [-0.25, -0.2) is 9.59 Å². The van der Waals surface area contributed by atoms with Crippen LogP contribution in [-0.4, -0.2) is 43.7 Å². The van der Waals surface area contributed by atoms with Crippen molar-refractivity contribution in [3.63, 3.8) is 0 Å². The van der Waals surface area contributed by atoms with E-state index < -0.39 is 5.97 Å². The van der Waals surface area contributed by atoms with Crippen LogP contribution in [0.2, 0.25) is 0 Å². The summed E-state index contributed by atoms with van der Waals surface area (Å²) in [6, 6.07) is 14.5. The summed E-state index contributed by atoms with van der Waals surface area (Å²) in [5.74, 6) is 0.769. The maximum atomic E-state index is 12.6. The number of aryl methyl sites for hydroxylation is 1. The quantitative estimate of drug-likeness (QED) is 0.791. The van der Waals surface area contributed by atoms with E-state index in [-0.39, 0.29) is 6.03 Å². The van der Waals surface area contributed by atoms with Crippen LogP contribution in [0.15, 0.2) is 48.5 Å². The molecule has 1 saturated heterocycles. The Bertz CT molecular complexity index is 802. The molecule has 0 aromatic heterocycles. The van der Waals surface area contributed by atoms with Crippen molar-refractivity contribution in [1.82, 2.24) is 4.90 Å². The zero-order chi connectivity index (χ0) is 19.9. The number of likely N-dealkylation sites (tertiary alicyclic amines) is 1. The van der Waals surface area contributed by atoms with Gasteiger partial charge in [0.2, 0.25) is 0 Å². The average molecular weight is 382 g/mol. The number of ether oxygens (including phenoxy) is 2. The highest BCUT2D eigenvalue weighted by Gasteiger charge is 2.24. The normalized spacial score (nSPS) is 16.4. The lowest BCUT2D eigenvalue weighted by Crippen LogP contribution is -2.43. The molecule has 2 aromatic rings. The Morgan fingerprint density at radius 1 is 1.11 bits per heavy atom. The van der Waals surface area contributed by atoms with Gasteiger partial charge in [-0.3, -0.25) is 0 Å². The predicted octanol–water partition coefficient (Wildman–Crippen LogP) is 4.10. The molecular weight excluding hydrogens is 356 g/mol. The standard InChI is InChI=1S/C22H26N2O4/c1-16-5-11-20(12-6-16)28-15-17-4-3-13-24(14-17)22(26)23-19-9-7-18(8-10-19)21(25)27-2/h5-12,17H,3-4,13-15H2,1-2H3,(H,23,26). The van der Waals surface area contributed by atoms with Gasteiger partial charge in [-0.2, -0.15) is 0 Å². The van der Waals surface area contributed by atoms with Gasteiger partial charge >= 0.3 is 12.0 Å². The number of urea groups is 1. The predicted molar refractivity (Wildman–Crippen MR) is 108 cm³/mol. The second kappa shape index (κ2) is 9.26. The Morgan fingerprint density at radius 3 is 2.50 bits per heavy atom. The van der Waals surface area contributed by atoms with Crippen LogP contribution in [0, 0.1) is 12.8 Å². The molecule has 0 saturated carbocycles. The van der Waals surface area contributed by atoms with Crippen molar-refractivity contribution in [3.05, 3.63) is 59.7 Å². The number of anilines is 1. The van der Waals surface area contributed by atoms with Gasteiger partial charge < -0.3 is 19.7 Å². The van der Waals surface area contributed by atoms with Crippen LogP contribution in [0.25, 0.3) is 0 Å². The summed E-state index contributed by atoms with van der Waals surface area (Å²) in [4.78, 5) is 25.9. The second-order valence-corrected chi connectivity index (χ2v) is 7.08. The first-order chi connectivity index (χ1) is 13.5. The van der Waals surface area contributed by atoms with Gasteiger partial charge in [0.1, 0.15) is 5.75 Å². The molecule has 0 aliphatic carbocycles. The first-order valence-electron chi connectivity index (χ1n) is 9.49. The minimum absolute atomic E-state index is 0.133. The number of hydrogen-bond donors (Lipinski definition) is 1. The number of carbonyl (C=O) groups is 2. The minimum atomic E-state index is -0.398. The highest BCUT2D eigenvalue weighted by Crippen LogP contribution is 2.20. The molecule has 148 valence electrons. The van der Waals surface area contributed by atoms with Crippen molar-refractivity contribution in [2.24, 2.45) is 5.92 Å². The topological polar surface area (TPSA) is 67.9 Å². The van der Waals surface area contributed by atoms with Crippen molar-refractivity contribution >= 4 is 17.7 Å². The fourth-order valence-electron chi connectivity index (χ4n) is 3.24. The molecule has 1 fully saturated rings. The number of piperidine rings is 1. The zero-order valence-corrected chi connectivity index (χ0v) is 16.3. The molecule has 1 aliphatic heterocycles. The van der Waals surface area contributed by atoms with Crippen molar-refractivity contribution in [1.29, 1.82) is 0 Å². The summed E-state index contributed by atoms with van der Waals surface area (Å²) in [6.07, 6.45) is 2.00. The molecule has 1 unspecified atom stereocenters. The van der Waals surface area contributed by atoms with Crippen molar-refractivity contribution in [2.45, 2.75) is 19.8 Å². The fraction of sp³-hybridized carbons (Fsp3) is 0.364. The lowest BCUT2D eigenvalue weighted by atomic mass is 9.99. The van der Waals surface area contributed by atoms with Gasteiger partial charge in [-0.15, -0.1) is 0 Å². The molecule has 1 heterocycles. The van der Waals surface area contributed by atoms with E-state index in [0.717, 1.165) is 25.1 Å². The monoisotopic (exact) mass is 382 g/mol. The smallest absolute Gasteiger partial charge is 0.337 e. The van der Waals surface area contributed by atoms with Crippen LogP contribution < -0.4 is 10.1 Å². The Morgan fingerprint density at radius 2 is 1.82 bits per heavy atom. The minimum Gasteiger partial charge on any atom is -0.493 e. The van der Waals surface area contributed by atoms with Crippen molar-refractivity contribution in [3.8, 4) is 5.75 Å². The summed E-state index contributed by atoms with van der Waals surface area (Å²) in [5.41, 5.74) is 2.30. The highest BCUT2D eigenvalue weighted by atomic mass is 16.5. The molecule has 6 nitrogen and oxygen atoms in total. The van der Waals surface area contributed by atoms with E-state index in [1.807, 2.05) is 36.1 Å². The third kappa shape index (κ3) is 5.25. The molecule has 1 atom stereocenters. The lowest BCUT2D eigenvalue weighted by molar-refractivity contribution is 0.0600. The van der Waals surface area contributed by atoms with Gasteiger partial charge in [0.25, 0.3) is 0 Å². The Labute approximate surface area is 165 Å². The molecule has 0 spiro atoms. The molecule has 1 aliphatic rings. The van der Waals surface area contributed by atoms with Crippen LogP contribution in [0.1, 0.15) is 28.8 Å². The number of carbonyl (C=O) groups excluding carboxylic acids is 2. The highest BCUT2D eigenvalue weighted by molar-refractivity contribution is 5.92. The van der Waals surface area contributed by atoms with Gasteiger partial charge in [0.05, 0.1) is 19.3 Å². The summed E-state index contributed by atoms with van der Waals surface area (Å²) in [7, 11) is 1.34. The van der Waals surface area contributed by atoms with Crippen LogP contribution >= 0.6 is 0 Å². The summed E-state index contributed by atoms with van der Waals surface area (Å²) in [5, 5.41) is 2.89. The number of rotatable bonds is 5. The van der Waals surface area contributed by atoms with Gasteiger partial charge in [-0.05, 0) is 56.2 Å². The van der Waals surface area contributed by atoms with Crippen LogP contribution in [0.5, 0.6) is 5.75 Å². The van der Waals surface area contributed by atoms with Crippen molar-refractivity contribution in [2.75, 3.05) is 32.1 Å². The third-order valence-electron chi connectivity index (χ3n) is 4.87. The van der Waals surface area contributed by atoms with Crippen LogP contribution in [0.4, 0.5) is 10.5 Å². The first-order valence-corrected chi connectivity index (χ1v) is 9.49. The summed E-state index contributed by atoms with van der Waals surface area (Å²) in [6.45, 7) is 4.04. The van der Waals surface area contributed by atoms with Gasteiger partial charge in [0.15, 0.2) is 0 Å². The SMILES string of the molecule is COC(=O)c1ccc(NC(=O)N2CCCC(COc3ccc(C)cc3)C2)cc1. The molecule has 1 N–H and O–H groups in total. The van der Waals surface area contributed by atoms with E-state index in [2.05, 4.69) is 10.1 Å². The number of nitrogens with zero attached hydrogens (tertiary/aromatic N) is 1. The number of nitrogens with one attached hydrogen (secondary N) is 1. The fourth-order valence-corrected chi connectivity index (χ4v) is 3.24.